The molecule has 3 heterocycles. The van der Waals surface area contributed by atoms with Crippen molar-refractivity contribution in [3.05, 3.63) is 11.6 Å². The third-order valence-corrected chi connectivity index (χ3v) is 3.72. The largest absolute Gasteiger partial charge is 0.448 e. The molecule has 1 saturated heterocycles. The number of hydrogen-bond donors (Lipinski definition) is 0. The lowest BCUT2D eigenvalue weighted by atomic mass is 10.2. The molecule has 0 bridgehead atoms. The third-order valence-electron chi connectivity index (χ3n) is 3.72. The van der Waals surface area contributed by atoms with Crippen molar-refractivity contribution < 1.29 is 14.3 Å². The molecule has 2 aliphatic heterocycles. The van der Waals surface area contributed by atoms with Gasteiger partial charge in [-0.3, -0.25) is 9.69 Å². The number of rotatable bonds is 2. The van der Waals surface area contributed by atoms with Crippen LogP contribution < -0.4 is 0 Å². The fourth-order valence-corrected chi connectivity index (χ4v) is 2.75. The van der Waals surface area contributed by atoms with Gasteiger partial charge in [-0.25, -0.2) is 4.79 Å². The van der Waals surface area contributed by atoms with Crippen LogP contribution in [0.2, 0.25) is 0 Å². The summed E-state index contributed by atoms with van der Waals surface area (Å²) in [5, 5.41) is 8.15. The van der Waals surface area contributed by atoms with Gasteiger partial charge in [0.25, 0.3) is 0 Å². The summed E-state index contributed by atoms with van der Waals surface area (Å²) in [6.45, 7) is 5.88. The number of aromatic nitrogens is 3. The van der Waals surface area contributed by atoms with Crippen LogP contribution in [0.15, 0.2) is 0 Å². The zero-order chi connectivity index (χ0) is 14.3. The summed E-state index contributed by atoms with van der Waals surface area (Å²) in [5.41, 5.74) is 0. The maximum absolute atomic E-state index is 12.3. The van der Waals surface area contributed by atoms with E-state index in [0.717, 1.165) is 11.6 Å². The molecule has 0 saturated carbocycles. The van der Waals surface area contributed by atoms with E-state index in [0.29, 0.717) is 26.2 Å². The summed E-state index contributed by atoms with van der Waals surface area (Å²) in [4.78, 5) is 26.8. The van der Waals surface area contributed by atoms with Crippen LogP contribution in [-0.2, 0) is 16.1 Å². The van der Waals surface area contributed by atoms with Crippen LogP contribution in [0, 0.1) is 6.92 Å². The first-order chi connectivity index (χ1) is 9.56. The van der Waals surface area contributed by atoms with Gasteiger partial charge in [-0.1, -0.05) is 0 Å². The minimum absolute atomic E-state index is 0.0681. The first-order valence-corrected chi connectivity index (χ1v) is 6.66. The predicted molar refractivity (Wildman–Crippen MR) is 67.8 cm³/mol. The van der Waals surface area contributed by atoms with E-state index in [1.807, 2.05) is 18.4 Å². The predicted octanol–water partition coefficient (Wildman–Crippen LogP) is -0.0581. The van der Waals surface area contributed by atoms with Gasteiger partial charge in [0, 0.05) is 6.54 Å². The molecule has 1 aromatic rings. The molecular formula is C12H17N5O3. The first kappa shape index (κ1) is 12.9. The number of aryl methyl sites for hydroxylation is 1. The lowest BCUT2D eigenvalue weighted by molar-refractivity contribution is -0.133. The van der Waals surface area contributed by atoms with Gasteiger partial charge >= 0.3 is 6.09 Å². The number of carbonyl (C=O) groups excluding carboxylic acids is 2. The molecule has 0 N–H and O–H groups in total. The van der Waals surface area contributed by atoms with E-state index in [1.54, 1.807) is 4.90 Å². The van der Waals surface area contributed by atoms with E-state index in [-0.39, 0.29) is 18.5 Å². The van der Waals surface area contributed by atoms with E-state index in [4.69, 9.17) is 4.74 Å². The molecule has 0 spiro atoms. The van der Waals surface area contributed by atoms with E-state index in [9.17, 15) is 9.59 Å². The highest BCUT2D eigenvalue weighted by atomic mass is 16.6. The number of carbonyl (C=O) groups is 2. The normalized spacial score (nSPS) is 21.9. The maximum atomic E-state index is 12.3. The monoisotopic (exact) mass is 279 g/mol. The number of nitrogens with zero attached hydrogens (tertiary/aromatic N) is 5. The maximum Gasteiger partial charge on any atom is 0.410 e. The molecule has 0 aromatic carbocycles. The van der Waals surface area contributed by atoms with Gasteiger partial charge in [-0.2, -0.15) is 0 Å². The molecule has 0 radical (unpaired) electrons. The SMILES string of the molecule is Cc1nnc2n1[C@@H](C)CN(C(=O)CN1CCOC1=O)C2. The van der Waals surface area contributed by atoms with Gasteiger partial charge < -0.3 is 14.2 Å². The topological polar surface area (TPSA) is 80.6 Å². The number of ether oxygens (including phenoxy) is 1. The lowest BCUT2D eigenvalue weighted by Gasteiger charge is -2.33. The van der Waals surface area contributed by atoms with Crippen molar-refractivity contribution in [3.8, 4) is 0 Å². The van der Waals surface area contributed by atoms with Crippen molar-refractivity contribution >= 4 is 12.0 Å². The van der Waals surface area contributed by atoms with Gasteiger partial charge in [-0.05, 0) is 13.8 Å². The molecule has 2 aliphatic rings. The molecule has 0 aliphatic carbocycles. The Bertz CT molecular complexity index is 555. The highest BCUT2D eigenvalue weighted by Crippen LogP contribution is 2.21. The van der Waals surface area contributed by atoms with Crippen LogP contribution in [0.5, 0.6) is 0 Å². The van der Waals surface area contributed by atoms with Crippen LogP contribution in [0.3, 0.4) is 0 Å². The second kappa shape index (κ2) is 4.77. The Kier molecular flexibility index (Phi) is 3.07. The zero-order valence-electron chi connectivity index (χ0n) is 11.6. The quantitative estimate of drug-likeness (QED) is 0.757. The number of cyclic esters (lactones) is 1. The summed E-state index contributed by atoms with van der Waals surface area (Å²) in [5.74, 6) is 1.57. The summed E-state index contributed by atoms with van der Waals surface area (Å²) < 4.78 is 6.87. The Hall–Kier alpha value is -2.12. The minimum Gasteiger partial charge on any atom is -0.448 e. The molecule has 8 nitrogen and oxygen atoms in total. The van der Waals surface area contributed by atoms with E-state index < -0.39 is 6.09 Å². The fourth-order valence-electron chi connectivity index (χ4n) is 2.75. The smallest absolute Gasteiger partial charge is 0.410 e. The second-order valence-corrected chi connectivity index (χ2v) is 5.19. The van der Waals surface area contributed by atoms with Crippen LogP contribution >= 0.6 is 0 Å². The fraction of sp³-hybridized carbons (Fsp3) is 0.667. The minimum atomic E-state index is -0.414. The molecule has 108 valence electrons. The molecule has 0 unspecified atom stereocenters. The van der Waals surface area contributed by atoms with E-state index in [1.165, 1.54) is 4.90 Å². The van der Waals surface area contributed by atoms with Crippen molar-refractivity contribution in [1.29, 1.82) is 0 Å². The standard InChI is InChI=1S/C12H17N5O3/c1-8-5-16(6-10-14-13-9(2)17(8)10)11(18)7-15-3-4-20-12(15)19/h8H,3-7H2,1-2H3/t8-/m0/s1. The Morgan fingerprint density at radius 3 is 2.95 bits per heavy atom. The van der Waals surface area contributed by atoms with Crippen LogP contribution in [0.1, 0.15) is 24.6 Å². The Labute approximate surface area is 116 Å². The van der Waals surface area contributed by atoms with Gasteiger partial charge in [0.05, 0.1) is 19.1 Å². The highest BCUT2D eigenvalue weighted by Gasteiger charge is 2.31. The Balaban J connectivity index is 1.70. The van der Waals surface area contributed by atoms with Crippen molar-refractivity contribution in [1.82, 2.24) is 24.6 Å². The molecule has 1 aromatic heterocycles. The number of fused-ring (bicyclic) bond motifs is 1. The van der Waals surface area contributed by atoms with Gasteiger partial charge in [0.15, 0.2) is 5.82 Å². The molecule has 3 rings (SSSR count). The van der Waals surface area contributed by atoms with Crippen LogP contribution in [0.25, 0.3) is 0 Å². The average Bonchev–Trinajstić information content (AvgIpc) is 2.97. The van der Waals surface area contributed by atoms with Crippen molar-refractivity contribution in [2.24, 2.45) is 0 Å². The third kappa shape index (κ3) is 2.10. The zero-order valence-corrected chi connectivity index (χ0v) is 11.6. The summed E-state index contributed by atoms with van der Waals surface area (Å²) in [7, 11) is 0. The molecule has 1 atom stereocenters. The van der Waals surface area contributed by atoms with Crippen molar-refractivity contribution in [2.75, 3.05) is 26.2 Å². The number of amides is 2. The van der Waals surface area contributed by atoms with E-state index >= 15 is 0 Å². The van der Waals surface area contributed by atoms with Crippen molar-refractivity contribution in [3.63, 3.8) is 0 Å². The second-order valence-electron chi connectivity index (χ2n) is 5.19. The summed E-state index contributed by atoms with van der Waals surface area (Å²) >= 11 is 0. The first-order valence-electron chi connectivity index (χ1n) is 6.66. The molecule has 8 heteroatoms. The molecule has 1 fully saturated rings. The van der Waals surface area contributed by atoms with Gasteiger partial charge in [0.1, 0.15) is 19.0 Å². The molecular weight excluding hydrogens is 262 g/mol. The molecule has 2 amide bonds. The summed E-state index contributed by atoms with van der Waals surface area (Å²) in [6.07, 6.45) is -0.414. The lowest BCUT2D eigenvalue weighted by Crippen LogP contribution is -2.45. The average molecular weight is 279 g/mol. The van der Waals surface area contributed by atoms with Crippen molar-refractivity contribution in [2.45, 2.75) is 26.4 Å². The molecule has 20 heavy (non-hydrogen) atoms. The van der Waals surface area contributed by atoms with Crippen LogP contribution in [-0.4, -0.2) is 62.8 Å². The van der Waals surface area contributed by atoms with Gasteiger partial charge in [-0.15, -0.1) is 10.2 Å². The van der Waals surface area contributed by atoms with E-state index in [2.05, 4.69) is 10.2 Å². The Morgan fingerprint density at radius 1 is 1.45 bits per heavy atom. The Morgan fingerprint density at radius 2 is 2.25 bits per heavy atom. The highest BCUT2D eigenvalue weighted by molar-refractivity contribution is 5.83. The number of hydrogen-bond acceptors (Lipinski definition) is 5. The van der Waals surface area contributed by atoms with Crippen LogP contribution in [0.4, 0.5) is 4.79 Å². The summed E-state index contributed by atoms with van der Waals surface area (Å²) in [6, 6.07) is 0.142. The van der Waals surface area contributed by atoms with Gasteiger partial charge in [0.2, 0.25) is 5.91 Å².